The van der Waals surface area contributed by atoms with Crippen molar-refractivity contribution in [3.8, 4) is 23.1 Å². The van der Waals surface area contributed by atoms with E-state index >= 15 is 0 Å². The Kier molecular flexibility index (Phi) is 4.38. The highest BCUT2D eigenvalue weighted by molar-refractivity contribution is 5.62. The van der Waals surface area contributed by atoms with Gasteiger partial charge in [0, 0.05) is 13.0 Å². The molecular formula is C19H22N3O6+. The van der Waals surface area contributed by atoms with E-state index < -0.39 is 17.3 Å². The molecule has 2 aliphatic rings. The Balaban J connectivity index is 2.01. The van der Waals surface area contributed by atoms with Gasteiger partial charge in [0.05, 0.1) is 26.3 Å². The normalized spacial score (nSPS) is 19.9. The third-order valence-corrected chi connectivity index (χ3v) is 5.33. The minimum absolute atomic E-state index is 0.0747. The largest absolute Gasteiger partial charge is 0.494 e. The number of allylic oxidation sites excluding steroid dienone is 1. The summed E-state index contributed by atoms with van der Waals surface area (Å²) in [7, 11) is 3.46. The average Bonchev–Trinajstić information content (AvgIpc) is 3.13. The monoisotopic (exact) mass is 388 g/mol. The molecule has 3 N–H and O–H groups in total. The molecule has 0 saturated carbocycles. The van der Waals surface area contributed by atoms with E-state index in [-0.39, 0.29) is 24.8 Å². The van der Waals surface area contributed by atoms with E-state index in [1.165, 1.54) is 13.2 Å². The fourth-order valence-corrected chi connectivity index (χ4v) is 4.05. The Morgan fingerprint density at radius 3 is 2.93 bits per heavy atom. The van der Waals surface area contributed by atoms with Crippen LogP contribution in [0.25, 0.3) is 0 Å². The van der Waals surface area contributed by atoms with Gasteiger partial charge in [0.25, 0.3) is 5.56 Å². The number of rotatable bonds is 4. The van der Waals surface area contributed by atoms with E-state index in [1.807, 2.05) is 13.1 Å². The summed E-state index contributed by atoms with van der Waals surface area (Å²) in [5.41, 5.74) is 0.506. The lowest BCUT2D eigenvalue weighted by atomic mass is 9.87. The van der Waals surface area contributed by atoms with Crippen LogP contribution >= 0.6 is 0 Å². The molecule has 3 heterocycles. The molecule has 0 aliphatic carbocycles. The standard InChI is InChI=1S/C19H21N3O6/c1-4-6-22-18(24)13(17(23)20-19(22)25)14-12-10(5-7-21(14)2)8-11-15(16(12)26-3)28-9-27-11/h4,8,14,24H,1,5-7,9H2,2-3H3,(H,20,23,25)/p+1/t14-/m1/s1. The topological polar surface area (TPSA) is 107 Å². The smallest absolute Gasteiger partial charge is 0.331 e. The molecule has 9 nitrogen and oxygen atoms in total. The predicted octanol–water partition coefficient (Wildman–Crippen LogP) is -0.674. The summed E-state index contributed by atoms with van der Waals surface area (Å²) in [5, 5.41) is 10.8. The second-order valence-corrected chi connectivity index (χ2v) is 6.89. The number of fused-ring (bicyclic) bond motifs is 2. The molecule has 4 rings (SSSR count). The van der Waals surface area contributed by atoms with Crippen LogP contribution in [0.5, 0.6) is 23.1 Å². The van der Waals surface area contributed by atoms with Crippen molar-refractivity contribution < 1.29 is 24.2 Å². The van der Waals surface area contributed by atoms with Crippen LogP contribution in [0, 0.1) is 0 Å². The number of likely N-dealkylation sites (N-methyl/N-ethyl adjacent to an activating group) is 1. The molecule has 2 aromatic rings. The first-order chi connectivity index (χ1) is 13.5. The molecule has 2 aliphatic heterocycles. The van der Waals surface area contributed by atoms with Crippen LogP contribution in [-0.2, 0) is 13.0 Å². The Bertz CT molecular complexity index is 1070. The molecule has 148 valence electrons. The lowest BCUT2D eigenvalue weighted by Crippen LogP contribution is -3.10. The average molecular weight is 388 g/mol. The van der Waals surface area contributed by atoms with Gasteiger partial charge < -0.3 is 24.2 Å². The van der Waals surface area contributed by atoms with Crippen molar-refractivity contribution in [1.29, 1.82) is 0 Å². The summed E-state index contributed by atoms with van der Waals surface area (Å²) >= 11 is 0. The van der Waals surface area contributed by atoms with Crippen LogP contribution in [0.1, 0.15) is 22.7 Å². The zero-order valence-corrected chi connectivity index (χ0v) is 15.7. The summed E-state index contributed by atoms with van der Waals surface area (Å²) in [6, 6.07) is 1.35. The number of methoxy groups -OCH3 is 1. The van der Waals surface area contributed by atoms with E-state index in [2.05, 4.69) is 11.6 Å². The molecule has 0 saturated heterocycles. The van der Waals surface area contributed by atoms with E-state index in [9.17, 15) is 14.7 Å². The Hall–Kier alpha value is -3.20. The van der Waals surface area contributed by atoms with Crippen molar-refractivity contribution in [2.45, 2.75) is 19.0 Å². The van der Waals surface area contributed by atoms with Crippen molar-refractivity contribution in [2.24, 2.45) is 0 Å². The number of aromatic amines is 1. The van der Waals surface area contributed by atoms with Gasteiger partial charge in [-0.2, -0.15) is 0 Å². The molecule has 0 bridgehead atoms. The molecule has 1 aromatic heterocycles. The van der Waals surface area contributed by atoms with Crippen LogP contribution in [0.3, 0.4) is 0 Å². The number of aromatic hydroxyl groups is 1. The van der Waals surface area contributed by atoms with Crippen molar-refractivity contribution >= 4 is 0 Å². The number of aromatic nitrogens is 2. The maximum atomic E-state index is 12.7. The van der Waals surface area contributed by atoms with Crippen molar-refractivity contribution in [3.63, 3.8) is 0 Å². The van der Waals surface area contributed by atoms with E-state index in [1.54, 1.807) is 0 Å². The molecule has 2 atom stereocenters. The zero-order chi connectivity index (χ0) is 20.0. The SMILES string of the molecule is C=CCn1c(O)c([C@H]2c3c(cc4c(c3OC)OCO4)CC[NH+]2C)c(=O)[nH]c1=O. The minimum Gasteiger partial charge on any atom is -0.494 e. The van der Waals surface area contributed by atoms with Gasteiger partial charge >= 0.3 is 5.69 Å². The highest BCUT2D eigenvalue weighted by Crippen LogP contribution is 2.48. The lowest BCUT2D eigenvalue weighted by Gasteiger charge is -2.33. The second kappa shape index (κ2) is 6.75. The third kappa shape index (κ3) is 2.58. The molecule has 9 heteroatoms. The summed E-state index contributed by atoms with van der Waals surface area (Å²) in [4.78, 5) is 28.1. The fourth-order valence-electron chi connectivity index (χ4n) is 4.05. The van der Waals surface area contributed by atoms with Crippen LogP contribution in [0.4, 0.5) is 0 Å². The summed E-state index contributed by atoms with van der Waals surface area (Å²) in [5.74, 6) is 1.19. The number of hydrogen-bond donors (Lipinski definition) is 3. The molecule has 1 unspecified atom stereocenters. The molecule has 28 heavy (non-hydrogen) atoms. The van der Waals surface area contributed by atoms with Crippen molar-refractivity contribution in [1.82, 2.24) is 9.55 Å². The number of quaternary nitrogens is 1. The second-order valence-electron chi connectivity index (χ2n) is 6.89. The quantitative estimate of drug-likeness (QED) is 0.600. The third-order valence-electron chi connectivity index (χ3n) is 5.33. The molecule has 1 aromatic carbocycles. The number of H-pyrrole nitrogens is 1. The van der Waals surface area contributed by atoms with E-state index in [0.29, 0.717) is 17.2 Å². The van der Waals surface area contributed by atoms with Crippen LogP contribution in [-0.4, -0.2) is 42.2 Å². The molecule has 0 radical (unpaired) electrons. The van der Waals surface area contributed by atoms with Gasteiger partial charge in [-0.25, -0.2) is 4.79 Å². The Labute approximate surface area is 160 Å². The zero-order valence-electron chi connectivity index (χ0n) is 15.7. The van der Waals surface area contributed by atoms with E-state index in [0.717, 1.165) is 33.6 Å². The number of benzene rings is 1. The first-order valence-corrected chi connectivity index (χ1v) is 8.96. The molecular weight excluding hydrogens is 366 g/mol. The Morgan fingerprint density at radius 2 is 2.21 bits per heavy atom. The minimum atomic E-state index is -0.683. The van der Waals surface area contributed by atoms with Gasteiger partial charge in [0.1, 0.15) is 5.56 Å². The van der Waals surface area contributed by atoms with E-state index in [4.69, 9.17) is 14.2 Å². The fraction of sp³-hybridized carbons (Fsp3) is 0.368. The number of nitrogens with zero attached hydrogens (tertiary/aromatic N) is 1. The summed E-state index contributed by atoms with van der Waals surface area (Å²) in [6.45, 7) is 4.49. The number of hydrogen-bond acceptors (Lipinski definition) is 6. The predicted molar refractivity (Wildman–Crippen MR) is 99.6 cm³/mol. The maximum Gasteiger partial charge on any atom is 0.331 e. The van der Waals surface area contributed by atoms with Crippen molar-refractivity contribution in [2.75, 3.05) is 27.5 Å². The first kappa shape index (κ1) is 18.2. The van der Waals surface area contributed by atoms with Gasteiger partial charge in [-0.1, -0.05) is 6.08 Å². The van der Waals surface area contributed by atoms with Crippen molar-refractivity contribution in [3.05, 3.63) is 56.2 Å². The first-order valence-electron chi connectivity index (χ1n) is 8.96. The molecule has 0 fully saturated rings. The molecule has 0 amide bonds. The summed E-state index contributed by atoms with van der Waals surface area (Å²) in [6.07, 6.45) is 2.23. The highest BCUT2D eigenvalue weighted by Gasteiger charge is 2.40. The number of nitrogens with one attached hydrogen (secondary N) is 2. The lowest BCUT2D eigenvalue weighted by molar-refractivity contribution is -0.908. The van der Waals surface area contributed by atoms with Gasteiger partial charge in [0.2, 0.25) is 18.4 Å². The van der Waals surface area contributed by atoms with Gasteiger partial charge in [-0.3, -0.25) is 14.3 Å². The Morgan fingerprint density at radius 1 is 1.43 bits per heavy atom. The maximum absolute atomic E-state index is 12.7. The van der Waals surface area contributed by atoms with Crippen LogP contribution in [0.2, 0.25) is 0 Å². The van der Waals surface area contributed by atoms with Gasteiger partial charge in [0.15, 0.2) is 17.5 Å². The summed E-state index contributed by atoms with van der Waals surface area (Å²) < 4.78 is 17.8. The number of ether oxygens (including phenoxy) is 3. The van der Waals surface area contributed by atoms with Crippen LogP contribution < -0.4 is 30.4 Å². The van der Waals surface area contributed by atoms with Gasteiger partial charge in [-0.15, -0.1) is 6.58 Å². The molecule has 0 spiro atoms. The van der Waals surface area contributed by atoms with Crippen LogP contribution in [0.15, 0.2) is 28.3 Å². The highest BCUT2D eigenvalue weighted by atomic mass is 16.7. The van der Waals surface area contributed by atoms with Gasteiger partial charge in [-0.05, 0) is 11.6 Å².